The Morgan fingerprint density at radius 1 is 0.538 bits per heavy atom. The van der Waals surface area contributed by atoms with E-state index in [1.54, 1.807) is 0 Å². The van der Waals surface area contributed by atoms with Crippen LogP contribution < -0.4 is 0 Å². The minimum absolute atomic E-state index is 0.773. The van der Waals surface area contributed by atoms with E-state index >= 15 is 0 Å². The van der Waals surface area contributed by atoms with Gasteiger partial charge in [-0.2, -0.15) is 0 Å². The van der Waals surface area contributed by atoms with Gasteiger partial charge in [0.2, 0.25) is 0 Å². The van der Waals surface area contributed by atoms with Crippen molar-refractivity contribution in [1.82, 2.24) is 0 Å². The third kappa shape index (κ3) is 15.3. The van der Waals surface area contributed by atoms with Gasteiger partial charge >= 0.3 is 112 Å². The average Bonchev–Trinajstić information content (AvgIpc) is 1.81. The van der Waals surface area contributed by atoms with Gasteiger partial charge in [-0.1, -0.05) is 0 Å². The second-order valence-corrected chi connectivity index (χ2v) is 46.4. The molecule has 0 aliphatic heterocycles. The van der Waals surface area contributed by atoms with Gasteiger partial charge < -0.3 is 0 Å². The first-order valence-electron chi connectivity index (χ1n) is 3.84. The molecule has 0 aromatic carbocycles. The summed E-state index contributed by atoms with van der Waals surface area (Å²) in [4.78, 5) is 0. The predicted octanol–water partition coefficient (Wildman–Crippen LogP) is 5.47. The maximum atomic E-state index is 5.78. The topological polar surface area (TPSA) is 0 Å². The number of hydrogen-bond acceptors (Lipinski definition) is 0. The van der Waals surface area contributed by atoms with Crippen LogP contribution >= 0.6 is 53.5 Å². The number of unbranched alkanes of at least 4 members (excludes halogenated alkanes) is 2. The molecule has 0 saturated carbocycles. The fourth-order valence-corrected chi connectivity index (χ4v) is 9.92. The van der Waals surface area contributed by atoms with Gasteiger partial charge in [0.25, 0.3) is 0 Å². The van der Waals surface area contributed by atoms with Crippen molar-refractivity contribution in [2.45, 2.75) is 28.1 Å². The summed E-state index contributed by atoms with van der Waals surface area (Å²) < 4.78 is 1.55. The molecule has 0 bridgehead atoms. The third-order valence-electron chi connectivity index (χ3n) is 1.42. The van der Waals surface area contributed by atoms with E-state index in [1.165, 1.54) is 0 Å². The van der Waals surface area contributed by atoms with E-state index in [0.717, 1.165) is 28.1 Å². The summed E-state index contributed by atoms with van der Waals surface area (Å²) in [5.74, 6) is 0. The summed E-state index contributed by atoms with van der Waals surface area (Å²) in [6.45, 7) is 0. The molecule has 0 unspecified atom stereocenters. The van der Waals surface area contributed by atoms with Crippen molar-refractivity contribution in [3.05, 3.63) is 0 Å². The molecule has 0 aliphatic carbocycles. The van der Waals surface area contributed by atoms with Crippen LogP contribution in [0.15, 0.2) is 0 Å². The van der Waals surface area contributed by atoms with Crippen LogP contribution in [0.2, 0.25) is 8.87 Å². The molecule has 0 amide bonds. The van der Waals surface area contributed by atoms with Crippen molar-refractivity contribution in [3.63, 3.8) is 0 Å². The Labute approximate surface area is 110 Å². The monoisotopic (exact) mass is 520 g/mol. The molecule has 0 aromatic rings. The minimum atomic E-state index is -3.07. The molecule has 0 spiro atoms. The van der Waals surface area contributed by atoms with E-state index in [0.29, 0.717) is 0 Å². The summed E-state index contributed by atoms with van der Waals surface area (Å²) >= 11 is -6.15. The molecule has 80 valence electrons. The summed E-state index contributed by atoms with van der Waals surface area (Å²) in [5, 5.41) is 0. The Morgan fingerprint density at radius 2 is 0.846 bits per heavy atom. The summed E-state index contributed by atoms with van der Waals surface area (Å²) in [6.07, 6.45) is 2.92. The van der Waals surface area contributed by atoms with Crippen molar-refractivity contribution in [3.8, 4) is 0 Å². The molecule has 0 radical (unpaired) electrons. The molecule has 0 aliphatic rings. The van der Waals surface area contributed by atoms with Gasteiger partial charge in [-0.15, -0.1) is 0 Å². The fraction of sp³-hybridized carbons (Fsp3) is 1.00. The molecule has 0 saturated heterocycles. The van der Waals surface area contributed by atoms with Crippen LogP contribution in [-0.2, 0) is 0 Å². The molecule has 8 heteroatoms. The Hall–Kier alpha value is 3.34. The van der Waals surface area contributed by atoms with E-state index in [-0.39, 0.29) is 0 Å². The molecule has 13 heavy (non-hydrogen) atoms. The van der Waals surface area contributed by atoms with E-state index in [4.69, 9.17) is 53.5 Å². The van der Waals surface area contributed by atoms with E-state index in [1.807, 2.05) is 0 Å². The Kier molecular flexibility index (Phi) is 9.58. The van der Waals surface area contributed by atoms with Crippen molar-refractivity contribution in [2.24, 2.45) is 0 Å². The molecular weight excluding hydrogens is 510 g/mol. The Morgan fingerprint density at radius 3 is 1.08 bits per heavy atom. The van der Waals surface area contributed by atoms with Crippen LogP contribution in [0, 0.1) is 0 Å². The molecular formula is C5H10Cl6Sn2. The van der Waals surface area contributed by atoms with Crippen molar-refractivity contribution < 1.29 is 0 Å². The fourth-order valence-electron chi connectivity index (χ4n) is 0.828. The Balaban J connectivity index is 3.28. The average molecular weight is 520 g/mol. The molecule has 0 rings (SSSR count). The van der Waals surface area contributed by atoms with Gasteiger partial charge in [0.1, 0.15) is 0 Å². The van der Waals surface area contributed by atoms with Crippen LogP contribution in [0.3, 0.4) is 0 Å². The van der Waals surface area contributed by atoms with Crippen LogP contribution in [0.4, 0.5) is 0 Å². The Bertz CT molecular complexity index is 123. The zero-order chi connectivity index (χ0) is 10.5. The first kappa shape index (κ1) is 16.3. The maximum absolute atomic E-state index is 5.78. The van der Waals surface area contributed by atoms with Crippen molar-refractivity contribution in [1.29, 1.82) is 0 Å². The van der Waals surface area contributed by atoms with E-state index < -0.39 is 30.0 Å². The van der Waals surface area contributed by atoms with E-state index in [2.05, 4.69) is 0 Å². The second kappa shape index (κ2) is 7.62. The number of hydrogen-bond donors (Lipinski definition) is 0. The van der Waals surface area contributed by atoms with Crippen molar-refractivity contribution >= 4 is 83.5 Å². The normalized spacial score (nSPS) is 13.4. The van der Waals surface area contributed by atoms with Crippen LogP contribution in [-0.4, -0.2) is 30.0 Å². The number of halogens is 6. The molecule has 0 fully saturated rings. The third-order valence-corrected chi connectivity index (χ3v) is 14.3. The van der Waals surface area contributed by atoms with Gasteiger partial charge in [-0.25, -0.2) is 0 Å². The zero-order valence-electron chi connectivity index (χ0n) is 6.80. The quantitative estimate of drug-likeness (QED) is 0.322. The first-order valence-corrected chi connectivity index (χ1v) is 29.6. The predicted molar refractivity (Wildman–Crippen MR) is 70.1 cm³/mol. The number of rotatable bonds is 6. The summed E-state index contributed by atoms with van der Waals surface area (Å²) in [7, 11) is 34.7. The SMILES string of the molecule is [Cl][Sn]([Cl])([Cl])[CH2]CCC[CH2][Sn]([Cl])([Cl])[Cl]. The van der Waals surface area contributed by atoms with Crippen LogP contribution in [0.25, 0.3) is 0 Å². The van der Waals surface area contributed by atoms with Gasteiger partial charge in [0.15, 0.2) is 0 Å². The van der Waals surface area contributed by atoms with E-state index in [9.17, 15) is 0 Å². The van der Waals surface area contributed by atoms with Gasteiger partial charge in [-0.3, -0.25) is 0 Å². The van der Waals surface area contributed by atoms with Gasteiger partial charge in [0.05, 0.1) is 0 Å². The molecule has 0 heterocycles. The molecule has 0 nitrogen and oxygen atoms in total. The standard InChI is InChI=1S/C5H10.6ClH.2Sn/c1-3-5-4-2;;;;;;;;/h1-5H2;6*1H;;/q;;;;;;;2*+3/p-6. The molecule has 0 N–H and O–H groups in total. The zero-order valence-corrected chi connectivity index (χ0v) is 17.0. The summed E-state index contributed by atoms with van der Waals surface area (Å²) in [5.41, 5.74) is 0. The molecule has 0 atom stereocenters. The first-order chi connectivity index (χ1) is 5.71. The molecule has 0 aromatic heterocycles. The van der Waals surface area contributed by atoms with Crippen LogP contribution in [0.5, 0.6) is 0 Å². The van der Waals surface area contributed by atoms with Gasteiger partial charge in [-0.05, 0) is 0 Å². The second-order valence-electron chi connectivity index (χ2n) is 2.79. The summed E-state index contributed by atoms with van der Waals surface area (Å²) in [6, 6.07) is 0. The van der Waals surface area contributed by atoms with Crippen LogP contribution in [0.1, 0.15) is 19.3 Å². The van der Waals surface area contributed by atoms with Gasteiger partial charge in [0, 0.05) is 0 Å². The van der Waals surface area contributed by atoms with Crippen molar-refractivity contribution in [2.75, 3.05) is 0 Å².